The van der Waals surface area contributed by atoms with Gasteiger partial charge in [-0.25, -0.2) is 14.6 Å². The highest BCUT2D eigenvalue weighted by molar-refractivity contribution is 5.99. The van der Waals surface area contributed by atoms with Crippen molar-refractivity contribution in [2.45, 2.75) is 19.8 Å². The zero-order chi connectivity index (χ0) is 16.8. The molecule has 0 fully saturated rings. The fourth-order valence-corrected chi connectivity index (χ4v) is 1.96. The van der Waals surface area contributed by atoms with Crippen LogP contribution < -0.4 is 5.32 Å². The molecule has 0 saturated carbocycles. The molecule has 0 aliphatic carbocycles. The van der Waals surface area contributed by atoms with E-state index in [1.165, 1.54) is 14.2 Å². The van der Waals surface area contributed by atoms with E-state index in [1.54, 1.807) is 18.2 Å². The Morgan fingerprint density at radius 3 is 2.74 bits per heavy atom. The number of nitrogens with one attached hydrogen (secondary N) is 1. The van der Waals surface area contributed by atoms with Gasteiger partial charge in [0.25, 0.3) is 0 Å². The van der Waals surface area contributed by atoms with Gasteiger partial charge in [-0.3, -0.25) is 0 Å². The second-order valence-corrected chi connectivity index (χ2v) is 4.74. The lowest BCUT2D eigenvalue weighted by atomic mass is 10.2. The number of anilines is 1. The lowest BCUT2D eigenvalue weighted by Crippen LogP contribution is -2.15. The summed E-state index contributed by atoms with van der Waals surface area (Å²) in [7, 11) is 2.45. The molecule has 0 bridgehead atoms. The van der Waals surface area contributed by atoms with Crippen molar-refractivity contribution >= 4 is 28.7 Å². The second-order valence-electron chi connectivity index (χ2n) is 4.74. The van der Waals surface area contributed by atoms with Gasteiger partial charge in [-0.05, 0) is 18.6 Å². The largest absolute Gasteiger partial charge is 0.466 e. The van der Waals surface area contributed by atoms with Crippen LogP contribution in [0.4, 0.5) is 5.69 Å². The molecule has 122 valence electrons. The topological polar surface area (TPSA) is 90.7 Å². The van der Waals surface area contributed by atoms with E-state index >= 15 is 0 Å². The third-order valence-electron chi connectivity index (χ3n) is 3.04. The van der Waals surface area contributed by atoms with Crippen LogP contribution in [0.25, 0.3) is 11.1 Å². The summed E-state index contributed by atoms with van der Waals surface area (Å²) in [6.07, 6.45) is 2.72. The molecule has 0 amide bonds. The quantitative estimate of drug-likeness (QED) is 0.646. The van der Waals surface area contributed by atoms with Crippen molar-refractivity contribution in [3.63, 3.8) is 0 Å². The number of carbonyl (C=O) groups excluding carboxylic acids is 2. The van der Waals surface area contributed by atoms with Crippen molar-refractivity contribution in [1.82, 2.24) is 4.98 Å². The highest BCUT2D eigenvalue weighted by Crippen LogP contribution is 2.22. The van der Waals surface area contributed by atoms with Crippen molar-refractivity contribution in [3.05, 3.63) is 35.9 Å². The Bertz CT molecular complexity index is 748. The van der Waals surface area contributed by atoms with Crippen LogP contribution in [-0.4, -0.2) is 31.1 Å². The van der Waals surface area contributed by atoms with Gasteiger partial charge in [0.05, 0.1) is 20.3 Å². The van der Waals surface area contributed by atoms with E-state index in [0.29, 0.717) is 17.2 Å². The molecule has 7 nitrogen and oxygen atoms in total. The van der Waals surface area contributed by atoms with Gasteiger partial charge in [-0.15, -0.1) is 0 Å². The molecular formula is C16H18N2O5. The minimum Gasteiger partial charge on any atom is -0.466 e. The molecule has 23 heavy (non-hydrogen) atoms. The van der Waals surface area contributed by atoms with Crippen molar-refractivity contribution < 1.29 is 23.5 Å². The van der Waals surface area contributed by atoms with Crippen LogP contribution >= 0.6 is 0 Å². The van der Waals surface area contributed by atoms with E-state index in [-0.39, 0.29) is 5.70 Å². The summed E-state index contributed by atoms with van der Waals surface area (Å²) >= 11 is 0. The monoisotopic (exact) mass is 318 g/mol. The molecule has 1 aromatic carbocycles. The maximum atomic E-state index is 11.7. The number of aromatic nitrogens is 1. The van der Waals surface area contributed by atoms with Crippen LogP contribution in [0.3, 0.4) is 0 Å². The first kappa shape index (κ1) is 16.5. The van der Waals surface area contributed by atoms with E-state index in [9.17, 15) is 9.59 Å². The summed E-state index contributed by atoms with van der Waals surface area (Å²) in [6, 6.07) is 5.21. The van der Waals surface area contributed by atoms with Crippen LogP contribution in [0, 0.1) is 0 Å². The smallest absolute Gasteiger partial charge is 0.354 e. The number of rotatable bonds is 6. The molecule has 0 radical (unpaired) electrons. The molecule has 1 N–H and O–H groups in total. The first-order valence-electron chi connectivity index (χ1n) is 7.11. The van der Waals surface area contributed by atoms with Crippen LogP contribution in [0.1, 0.15) is 19.2 Å². The van der Waals surface area contributed by atoms with E-state index < -0.39 is 11.9 Å². The average Bonchev–Trinajstić information content (AvgIpc) is 2.95. The van der Waals surface area contributed by atoms with Crippen LogP contribution in [-0.2, 0) is 25.5 Å². The Kier molecular flexibility index (Phi) is 5.35. The number of esters is 2. The number of aryl methyl sites for hydroxylation is 1. The Balaban J connectivity index is 2.28. The van der Waals surface area contributed by atoms with Gasteiger partial charge < -0.3 is 19.2 Å². The summed E-state index contributed by atoms with van der Waals surface area (Å²) < 4.78 is 14.8. The van der Waals surface area contributed by atoms with Gasteiger partial charge in [-0.2, -0.15) is 0 Å². The van der Waals surface area contributed by atoms with Crippen molar-refractivity contribution in [2.24, 2.45) is 0 Å². The number of methoxy groups -OCH3 is 2. The molecule has 0 saturated heterocycles. The van der Waals surface area contributed by atoms with E-state index in [4.69, 9.17) is 4.42 Å². The lowest BCUT2D eigenvalue weighted by Gasteiger charge is -2.08. The predicted octanol–water partition coefficient (Wildman–Crippen LogP) is 2.42. The third kappa shape index (κ3) is 4.09. The normalized spacial score (nSPS) is 11.3. The molecule has 0 atom stereocenters. The maximum Gasteiger partial charge on any atom is 0.354 e. The molecule has 0 aliphatic rings. The van der Waals surface area contributed by atoms with Crippen LogP contribution in [0.5, 0.6) is 0 Å². The van der Waals surface area contributed by atoms with Crippen molar-refractivity contribution in [2.75, 3.05) is 19.5 Å². The third-order valence-corrected chi connectivity index (χ3v) is 3.04. The molecule has 0 aliphatic heterocycles. The Labute approximate surface area is 133 Å². The Morgan fingerprint density at radius 2 is 2.09 bits per heavy atom. The fourth-order valence-electron chi connectivity index (χ4n) is 1.96. The van der Waals surface area contributed by atoms with Crippen LogP contribution in [0.15, 0.2) is 34.4 Å². The van der Waals surface area contributed by atoms with Gasteiger partial charge in [0, 0.05) is 18.2 Å². The highest BCUT2D eigenvalue weighted by Gasteiger charge is 2.14. The van der Waals surface area contributed by atoms with Crippen molar-refractivity contribution in [1.29, 1.82) is 0 Å². The average molecular weight is 318 g/mol. The number of benzene rings is 1. The number of fused-ring (bicyclic) bond motifs is 1. The molecule has 2 aromatic rings. The second kappa shape index (κ2) is 7.44. The number of oxazole rings is 1. The highest BCUT2D eigenvalue weighted by atomic mass is 16.5. The van der Waals surface area contributed by atoms with Gasteiger partial charge >= 0.3 is 11.9 Å². The number of hydrogen-bond acceptors (Lipinski definition) is 7. The summed E-state index contributed by atoms with van der Waals surface area (Å²) in [5.74, 6) is -0.679. The molecule has 1 aromatic heterocycles. The lowest BCUT2D eigenvalue weighted by molar-refractivity contribution is -0.138. The summed E-state index contributed by atoms with van der Waals surface area (Å²) in [5.41, 5.74) is 1.86. The summed E-state index contributed by atoms with van der Waals surface area (Å²) in [6.45, 7) is 2.04. The predicted molar refractivity (Wildman–Crippen MR) is 83.7 cm³/mol. The molecule has 7 heteroatoms. The number of carbonyl (C=O) groups is 2. The molecule has 1 heterocycles. The molecule has 2 rings (SSSR count). The van der Waals surface area contributed by atoms with Gasteiger partial charge in [-0.1, -0.05) is 6.92 Å². The van der Waals surface area contributed by atoms with Gasteiger partial charge in [0.2, 0.25) is 0 Å². The standard InChI is InChI=1S/C16H18N2O5/c1-4-5-14-18-11-7-6-10(8-13(11)23-14)17-12(16(20)22-3)9-15(19)21-2/h6-9,17H,4-5H2,1-3H3/b12-9+. The molecular weight excluding hydrogens is 300 g/mol. The fraction of sp³-hybridized carbons (Fsp3) is 0.312. The van der Waals surface area contributed by atoms with Crippen molar-refractivity contribution in [3.8, 4) is 0 Å². The minimum atomic E-state index is -0.681. The number of nitrogens with zero attached hydrogens (tertiary/aromatic N) is 1. The molecule has 0 spiro atoms. The number of hydrogen-bond donors (Lipinski definition) is 1. The molecule has 0 unspecified atom stereocenters. The minimum absolute atomic E-state index is 0.0352. The van der Waals surface area contributed by atoms with E-state index in [1.807, 2.05) is 6.92 Å². The Morgan fingerprint density at radius 1 is 1.30 bits per heavy atom. The van der Waals surface area contributed by atoms with Gasteiger partial charge in [0.1, 0.15) is 11.2 Å². The first-order chi connectivity index (χ1) is 11.1. The summed E-state index contributed by atoms with van der Waals surface area (Å²) in [4.78, 5) is 27.4. The zero-order valence-corrected chi connectivity index (χ0v) is 13.2. The maximum absolute atomic E-state index is 11.7. The van der Waals surface area contributed by atoms with E-state index in [2.05, 4.69) is 19.8 Å². The van der Waals surface area contributed by atoms with Gasteiger partial charge in [0.15, 0.2) is 11.5 Å². The van der Waals surface area contributed by atoms with Crippen LogP contribution in [0.2, 0.25) is 0 Å². The zero-order valence-electron chi connectivity index (χ0n) is 13.2. The SMILES string of the molecule is CCCc1nc2ccc(N/C(=C/C(=O)OC)C(=O)OC)cc2o1. The number of ether oxygens (including phenoxy) is 2. The summed E-state index contributed by atoms with van der Waals surface area (Å²) in [5, 5.41) is 2.83. The Hall–Kier alpha value is -2.83. The first-order valence-corrected chi connectivity index (χ1v) is 7.11. The van der Waals surface area contributed by atoms with E-state index in [0.717, 1.165) is 24.4 Å².